The van der Waals surface area contributed by atoms with Crippen molar-refractivity contribution in [3.63, 3.8) is 0 Å². The first kappa shape index (κ1) is 19.6. The monoisotopic (exact) mass is 450 g/mol. The van der Waals surface area contributed by atoms with Crippen LogP contribution in [0.25, 0.3) is 15.3 Å². The average molecular weight is 451 g/mol. The second-order valence-electron chi connectivity index (χ2n) is 6.10. The van der Waals surface area contributed by atoms with E-state index in [0.717, 1.165) is 0 Å². The Balaban J connectivity index is 1.52. The molecule has 10 heteroatoms. The lowest BCUT2D eigenvalue weighted by molar-refractivity contribution is -0.118. The van der Waals surface area contributed by atoms with Crippen LogP contribution in [0.4, 0.5) is 10.2 Å². The van der Waals surface area contributed by atoms with Crippen molar-refractivity contribution in [3.05, 3.63) is 64.0 Å². The molecule has 2 heterocycles. The van der Waals surface area contributed by atoms with E-state index in [-0.39, 0.29) is 12.4 Å². The van der Waals surface area contributed by atoms with Crippen LogP contribution < -0.4 is 10.1 Å². The van der Waals surface area contributed by atoms with Crippen LogP contribution >= 0.6 is 34.5 Å². The van der Waals surface area contributed by atoms with E-state index in [0.29, 0.717) is 42.7 Å². The number of hydrogen-bond acceptors (Lipinski definition) is 5. The summed E-state index contributed by atoms with van der Waals surface area (Å²) < 4.78 is 21.1. The number of anilines is 1. The summed E-state index contributed by atoms with van der Waals surface area (Å²) in [6.45, 7) is 1.54. The first-order valence-corrected chi connectivity index (χ1v) is 9.97. The molecule has 4 rings (SSSR count). The SMILES string of the molecule is Cc1cc(NC(=O)COc2ccc(Cl)cc2Cl)n(-c2nc3ccc(F)cc3s2)n1. The molecule has 29 heavy (non-hydrogen) atoms. The number of carbonyl (C=O) groups excluding carboxylic acids is 1. The van der Waals surface area contributed by atoms with Gasteiger partial charge in [0.25, 0.3) is 5.91 Å². The van der Waals surface area contributed by atoms with Crippen molar-refractivity contribution in [2.45, 2.75) is 6.92 Å². The Morgan fingerprint density at radius 2 is 2.07 bits per heavy atom. The minimum Gasteiger partial charge on any atom is -0.482 e. The first-order chi connectivity index (χ1) is 13.9. The summed E-state index contributed by atoms with van der Waals surface area (Å²) in [5.41, 5.74) is 1.34. The van der Waals surface area contributed by atoms with Gasteiger partial charge in [-0.2, -0.15) is 9.78 Å². The van der Waals surface area contributed by atoms with Crippen molar-refractivity contribution in [2.24, 2.45) is 0 Å². The van der Waals surface area contributed by atoms with Crippen LogP contribution in [0.3, 0.4) is 0 Å². The third-order valence-corrected chi connectivity index (χ3v) is 5.40. The highest BCUT2D eigenvalue weighted by Gasteiger charge is 2.15. The van der Waals surface area contributed by atoms with E-state index in [9.17, 15) is 9.18 Å². The molecule has 2 aromatic heterocycles. The fourth-order valence-corrected chi connectivity index (χ4v) is 4.04. The van der Waals surface area contributed by atoms with Crippen molar-refractivity contribution in [1.29, 1.82) is 0 Å². The number of hydrogen-bond donors (Lipinski definition) is 1. The number of ether oxygens (including phenoxy) is 1. The zero-order valence-electron chi connectivity index (χ0n) is 14.9. The number of nitrogens with zero attached hydrogens (tertiary/aromatic N) is 3. The van der Waals surface area contributed by atoms with Gasteiger partial charge in [0, 0.05) is 11.1 Å². The Morgan fingerprint density at radius 1 is 1.24 bits per heavy atom. The summed E-state index contributed by atoms with van der Waals surface area (Å²) in [5.74, 6) is 0.0436. The van der Waals surface area contributed by atoms with Crippen molar-refractivity contribution in [2.75, 3.05) is 11.9 Å². The smallest absolute Gasteiger partial charge is 0.263 e. The van der Waals surface area contributed by atoms with Gasteiger partial charge in [0.2, 0.25) is 5.13 Å². The molecule has 0 aliphatic rings. The van der Waals surface area contributed by atoms with Gasteiger partial charge >= 0.3 is 0 Å². The molecule has 0 unspecified atom stereocenters. The van der Waals surface area contributed by atoms with Gasteiger partial charge in [-0.3, -0.25) is 4.79 Å². The molecular weight excluding hydrogens is 438 g/mol. The van der Waals surface area contributed by atoms with Gasteiger partial charge in [-0.25, -0.2) is 9.37 Å². The molecule has 1 amide bonds. The fourth-order valence-electron chi connectivity index (χ4n) is 2.63. The minimum absolute atomic E-state index is 0.253. The van der Waals surface area contributed by atoms with Gasteiger partial charge in [-0.05, 0) is 43.3 Å². The number of thiazole rings is 1. The van der Waals surface area contributed by atoms with E-state index >= 15 is 0 Å². The molecule has 0 fully saturated rings. The van der Waals surface area contributed by atoms with E-state index in [2.05, 4.69) is 15.4 Å². The zero-order valence-corrected chi connectivity index (χ0v) is 17.3. The third kappa shape index (κ3) is 4.34. The second kappa shape index (κ2) is 7.98. The molecule has 0 spiro atoms. The number of rotatable bonds is 5. The molecule has 1 N–H and O–H groups in total. The first-order valence-electron chi connectivity index (χ1n) is 8.40. The zero-order chi connectivity index (χ0) is 20.5. The standard InChI is InChI=1S/C19H13Cl2FN4O2S/c1-10-6-17(24-18(27)9-28-15-5-2-11(20)7-13(15)21)26(25-10)19-23-14-4-3-12(22)8-16(14)29-19/h2-8H,9H2,1H3,(H,24,27). The maximum absolute atomic E-state index is 13.4. The largest absolute Gasteiger partial charge is 0.482 e. The molecule has 0 bridgehead atoms. The summed E-state index contributed by atoms with van der Waals surface area (Å²) in [7, 11) is 0. The summed E-state index contributed by atoms with van der Waals surface area (Å²) in [6, 6.07) is 10.8. The Bertz CT molecular complexity index is 1220. The van der Waals surface area contributed by atoms with Crippen molar-refractivity contribution in [3.8, 4) is 10.9 Å². The van der Waals surface area contributed by atoms with Crippen LogP contribution in [0.1, 0.15) is 5.69 Å². The highest BCUT2D eigenvalue weighted by atomic mass is 35.5. The van der Waals surface area contributed by atoms with Crippen LogP contribution in [0.15, 0.2) is 42.5 Å². The summed E-state index contributed by atoms with van der Waals surface area (Å²) in [5, 5.41) is 8.42. The molecular formula is C19H13Cl2FN4O2S. The molecule has 0 atom stereocenters. The fraction of sp³-hybridized carbons (Fsp3) is 0.105. The Kier molecular flexibility index (Phi) is 5.40. The van der Waals surface area contributed by atoms with Gasteiger partial charge in [-0.1, -0.05) is 34.5 Å². The molecule has 0 aliphatic heterocycles. The van der Waals surface area contributed by atoms with Gasteiger partial charge in [-0.15, -0.1) is 0 Å². The van der Waals surface area contributed by atoms with Gasteiger partial charge in [0.1, 0.15) is 17.4 Å². The van der Waals surface area contributed by atoms with Crippen LogP contribution in [0.2, 0.25) is 10.0 Å². The quantitative estimate of drug-likeness (QED) is 0.450. The molecule has 2 aromatic carbocycles. The average Bonchev–Trinajstić information content (AvgIpc) is 3.23. The van der Waals surface area contributed by atoms with Crippen LogP contribution in [-0.2, 0) is 4.79 Å². The second-order valence-corrected chi connectivity index (χ2v) is 7.96. The van der Waals surface area contributed by atoms with E-state index in [1.807, 2.05) is 0 Å². The van der Waals surface area contributed by atoms with Gasteiger partial charge < -0.3 is 10.1 Å². The number of benzene rings is 2. The number of nitrogens with one attached hydrogen (secondary N) is 1. The number of aryl methyl sites for hydroxylation is 1. The number of aromatic nitrogens is 3. The van der Waals surface area contributed by atoms with Crippen molar-refractivity contribution < 1.29 is 13.9 Å². The maximum atomic E-state index is 13.4. The lowest BCUT2D eigenvalue weighted by Crippen LogP contribution is -2.22. The molecule has 6 nitrogen and oxygen atoms in total. The molecule has 148 valence electrons. The van der Waals surface area contributed by atoms with Gasteiger partial charge in [0.15, 0.2) is 6.61 Å². The Hall–Kier alpha value is -2.68. The summed E-state index contributed by atoms with van der Waals surface area (Å²) in [4.78, 5) is 16.8. The van der Waals surface area contributed by atoms with E-state index in [1.165, 1.54) is 34.2 Å². The molecule has 0 aliphatic carbocycles. The van der Waals surface area contributed by atoms with Gasteiger partial charge in [0.05, 0.1) is 20.9 Å². The summed E-state index contributed by atoms with van der Waals surface area (Å²) >= 11 is 13.2. The number of fused-ring (bicyclic) bond motifs is 1. The van der Waals surface area contributed by atoms with Crippen LogP contribution in [0, 0.1) is 12.7 Å². The highest BCUT2D eigenvalue weighted by molar-refractivity contribution is 7.20. The number of halogens is 3. The molecule has 0 radical (unpaired) electrons. The van der Waals surface area contributed by atoms with E-state index in [4.69, 9.17) is 27.9 Å². The maximum Gasteiger partial charge on any atom is 0.263 e. The topological polar surface area (TPSA) is 69.0 Å². The highest BCUT2D eigenvalue weighted by Crippen LogP contribution is 2.29. The predicted octanol–water partition coefficient (Wildman–Crippen LogP) is 5.25. The van der Waals surface area contributed by atoms with Crippen LogP contribution in [-0.4, -0.2) is 27.3 Å². The van der Waals surface area contributed by atoms with Crippen molar-refractivity contribution >= 4 is 56.5 Å². The lowest BCUT2D eigenvalue weighted by atomic mass is 10.3. The van der Waals surface area contributed by atoms with Crippen molar-refractivity contribution in [1.82, 2.24) is 14.8 Å². The third-order valence-electron chi connectivity index (χ3n) is 3.87. The van der Waals surface area contributed by atoms with E-state index < -0.39 is 5.91 Å². The van der Waals surface area contributed by atoms with E-state index in [1.54, 1.807) is 31.2 Å². The Morgan fingerprint density at radius 3 is 2.86 bits per heavy atom. The molecule has 0 saturated heterocycles. The normalized spacial score (nSPS) is 11.0. The Labute approximate surface area is 178 Å². The minimum atomic E-state index is -0.399. The number of amides is 1. The summed E-state index contributed by atoms with van der Waals surface area (Å²) in [6.07, 6.45) is 0. The molecule has 4 aromatic rings. The lowest BCUT2D eigenvalue weighted by Gasteiger charge is -2.09. The predicted molar refractivity (Wildman–Crippen MR) is 112 cm³/mol. The number of carbonyl (C=O) groups is 1. The van der Waals surface area contributed by atoms with Crippen LogP contribution in [0.5, 0.6) is 5.75 Å². The molecule has 0 saturated carbocycles.